The summed E-state index contributed by atoms with van der Waals surface area (Å²) in [5, 5.41) is 0. The molecule has 0 spiro atoms. The summed E-state index contributed by atoms with van der Waals surface area (Å²) in [4.78, 5) is 2.70. The Bertz CT molecular complexity index is 466. The summed E-state index contributed by atoms with van der Waals surface area (Å²) in [7, 11) is 0. The zero-order valence-electron chi connectivity index (χ0n) is 12.9. The molecule has 2 nitrogen and oxygen atoms in total. The molecule has 20 heavy (non-hydrogen) atoms. The van der Waals surface area contributed by atoms with Gasteiger partial charge in [0.15, 0.2) is 0 Å². The highest BCUT2D eigenvalue weighted by Crippen LogP contribution is 2.46. The van der Waals surface area contributed by atoms with Crippen molar-refractivity contribution in [2.75, 3.05) is 18.0 Å². The maximum Gasteiger partial charge on any atom is 0.0405 e. The number of fused-ring (bicyclic) bond motifs is 1. The highest BCUT2D eigenvalue weighted by molar-refractivity contribution is 5.61. The molecule has 2 aliphatic rings. The van der Waals surface area contributed by atoms with E-state index in [9.17, 15) is 0 Å². The van der Waals surface area contributed by atoms with Gasteiger partial charge in [0, 0.05) is 24.2 Å². The number of benzene rings is 1. The Hall–Kier alpha value is -1.02. The second-order valence-electron chi connectivity index (χ2n) is 7.24. The van der Waals surface area contributed by atoms with Crippen LogP contribution in [0.4, 0.5) is 5.69 Å². The first-order valence-electron chi connectivity index (χ1n) is 8.19. The molecule has 0 aromatic heterocycles. The van der Waals surface area contributed by atoms with E-state index in [1.807, 2.05) is 0 Å². The molecular weight excluding hydrogens is 244 g/mol. The summed E-state index contributed by atoms with van der Waals surface area (Å²) < 4.78 is 0. The number of para-hydroxylation sites is 1. The molecule has 110 valence electrons. The van der Waals surface area contributed by atoms with Gasteiger partial charge in [-0.2, -0.15) is 0 Å². The summed E-state index contributed by atoms with van der Waals surface area (Å²) in [6.07, 6.45) is 6.59. The number of hydrogen-bond donors (Lipinski definition) is 1. The summed E-state index contributed by atoms with van der Waals surface area (Å²) in [5.74, 6) is 0.633. The molecule has 0 bridgehead atoms. The summed E-state index contributed by atoms with van der Waals surface area (Å²) >= 11 is 0. The Labute approximate surface area is 123 Å². The Morgan fingerprint density at radius 2 is 2.05 bits per heavy atom. The van der Waals surface area contributed by atoms with Gasteiger partial charge < -0.3 is 10.6 Å². The minimum absolute atomic E-state index is 0.433. The van der Waals surface area contributed by atoms with Crippen LogP contribution in [0.5, 0.6) is 0 Å². The van der Waals surface area contributed by atoms with Gasteiger partial charge in [0.05, 0.1) is 0 Å². The maximum atomic E-state index is 5.82. The van der Waals surface area contributed by atoms with Crippen LogP contribution in [0.15, 0.2) is 24.3 Å². The van der Waals surface area contributed by atoms with Gasteiger partial charge in [0.1, 0.15) is 0 Å². The predicted octanol–water partition coefficient (Wildman–Crippen LogP) is 3.91. The second kappa shape index (κ2) is 5.40. The van der Waals surface area contributed by atoms with Crippen molar-refractivity contribution in [2.24, 2.45) is 11.1 Å². The van der Waals surface area contributed by atoms with E-state index in [0.29, 0.717) is 17.4 Å². The van der Waals surface area contributed by atoms with E-state index >= 15 is 0 Å². The van der Waals surface area contributed by atoms with E-state index < -0.39 is 0 Å². The molecule has 2 heteroatoms. The van der Waals surface area contributed by atoms with E-state index in [0.717, 1.165) is 13.0 Å². The number of nitrogens with zero attached hydrogens (tertiary/aromatic N) is 1. The van der Waals surface area contributed by atoms with Crippen molar-refractivity contribution in [1.29, 1.82) is 0 Å². The molecule has 1 aromatic rings. The largest absolute Gasteiger partial charge is 0.367 e. The Morgan fingerprint density at radius 3 is 2.80 bits per heavy atom. The molecule has 2 unspecified atom stereocenters. The Kier molecular flexibility index (Phi) is 3.76. The van der Waals surface area contributed by atoms with Crippen molar-refractivity contribution < 1.29 is 0 Å². The van der Waals surface area contributed by atoms with E-state index in [4.69, 9.17) is 5.73 Å². The van der Waals surface area contributed by atoms with Crippen LogP contribution in [0.2, 0.25) is 0 Å². The first kappa shape index (κ1) is 13.9. The first-order chi connectivity index (χ1) is 9.63. The average molecular weight is 272 g/mol. The second-order valence-corrected chi connectivity index (χ2v) is 7.24. The smallest absolute Gasteiger partial charge is 0.0405 e. The van der Waals surface area contributed by atoms with Crippen molar-refractivity contribution in [1.82, 2.24) is 0 Å². The fourth-order valence-electron chi connectivity index (χ4n) is 4.32. The van der Waals surface area contributed by atoms with Gasteiger partial charge in [-0.05, 0) is 42.9 Å². The summed E-state index contributed by atoms with van der Waals surface area (Å²) in [6, 6.07) is 9.69. The molecular formula is C18H28N2. The third-order valence-electron chi connectivity index (χ3n) is 5.45. The monoisotopic (exact) mass is 272 g/mol. The Balaban J connectivity index is 1.91. The summed E-state index contributed by atoms with van der Waals surface area (Å²) in [6.45, 7) is 6.87. The molecule has 3 rings (SSSR count). The van der Waals surface area contributed by atoms with Gasteiger partial charge >= 0.3 is 0 Å². The van der Waals surface area contributed by atoms with Crippen LogP contribution in [-0.2, 0) is 0 Å². The van der Waals surface area contributed by atoms with Crippen molar-refractivity contribution in [3.63, 3.8) is 0 Å². The molecule has 1 aliphatic carbocycles. The summed E-state index contributed by atoms with van der Waals surface area (Å²) in [5.41, 5.74) is 9.26. The maximum absolute atomic E-state index is 5.82. The van der Waals surface area contributed by atoms with E-state index in [-0.39, 0.29) is 0 Å². The van der Waals surface area contributed by atoms with E-state index in [2.05, 4.69) is 43.0 Å². The lowest BCUT2D eigenvalue weighted by atomic mass is 9.72. The predicted molar refractivity (Wildman–Crippen MR) is 86.2 cm³/mol. The van der Waals surface area contributed by atoms with Gasteiger partial charge in [-0.3, -0.25) is 0 Å². The van der Waals surface area contributed by atoms with Gasteiger partial charge in [0.25, 0.3) is 0 Å². The van der Waals surface area contributed by atoms with E-state index in [1.165, 1.54) is 43.5 Å². The van der Waals surface area contributed by atoms with Crippen LogP contribution in [0.1, 0.15) is 57.4 Å². The van der Waals surface area contributed by atoms with Crippen molar-refractivity contribution in [3.8, 4) is 0 Å². The first-order valence-corrected chi connectivity index (χ1v) is 8.19. The molecule has 2 N–H and O–H groups in total. The topological polar surface area (TPSA) is 29.3 Å². The van der Waals surface area contributed by atoms with Gasteiger partial charge in [0.2, 0.25) is 0 Å². The lowest BCUT2D eigenvalue weighted by Gasteiger charge is -2.45. The van der Waals surface area contributed by atoms with Crippen LogP contribution in [0.3, 0.4) is 0 Å². The standard InChI is InChI=1S/C18H28N2/c1-18(2)11-6-5-9-17(18)20-13-14(10-12-19)15-7-3-4-8-16(15)20/h3-4,7-8,14,17H,5-6,9-13,19H2,1-2H3. The number of hydrogen-bond acceptors (Lipinski definition) is 2. The zero-order chi connectivity index (χ0) is 14.2. The minimum atomic E-state index is 0.433. The third kappa shape index (κ3) is 2.35. The molecule has 1 fully saturated rings. The lowest BCUT2D eigenvalue weighted by Crippen LogP contribution is -2.47. The normalized spacial score (nSPS) is 28.4. The lowest BCUT2D eigenvalue weighted by molar-refractivity contribution is 0.192. The molecule has 1 aromatic carbocycles. The van der Waals surface area contributed by atoms with E-state index in [1.54, 1.807) is 0 Å². The SMILES string of the molecule is CC1(C)CCCCC1N1CC(CCN)c2ccccc21. The van der Waals surface area contributed by atoms with Gasteiger partial charge in [-0.15, -0.1) is 0 Å². The molecule has 0 radical (unpaired) electrons. The quantitative estimate of drug-likeness (QED) is 0.904. The van der Waals surface area contributed by atoms with Crippen molar-refractivity contribution in [3.05, 3.63) is 29.8 Å². The third-order valence-corrected chi connectivity index (χ3v) is 5.45. The minimum Gasteiger partial charge on any atom is -0.367 e. The molecule has 1 heterocycles. The van der Waals surface area contributed by atoms with Crippen LogP contribution in [-0.4, -0.2) is 19.1 Å². The van der Waals surface area contributed by atoms with Crippen LogP contribution < -0.4 is 10.6 Å². The molecule has 1 saturated carbocycles. The molecule has 0 amide bonds. The van der Waals surface area contributed by atoms with Crippen LogP contribution in [0, 0.1) is 5.41 Å². The fraction of sp³-hybridized carbons (Fsp3) is 0.667. The highest BCUT2D eigenvalue weighted by Gasteiger charge is 2.40. The van der Waals surface area contributed by atoms with Crippen LogP contribution >= 0.6 is 0 Å². The number of nitrogens with two attached hydrogens (primary N) is 1. The van der Waals surface area contributed by atoms with Crippen molar-refractivity contribution in [2.45, 2.75) is 57.9 Å². The van der Waals surface area contributed by atoms with Crippen molar-refractivity contribution >= 4 is 5.69 Å². The molecule has 2 atom stereocenters. The Morgan fingerprint density at radius 1 is 1.25 bits per heavy atom. The average Bonchev–Trinajstić information content (AvgIpc) is 2.78. The van der Waals surface area contributed by atoms with Gasteiger partial charge in [-0.1, -0.05) is 44.9 Å². The number of rotatable bonds is 3. The number of anilines is 1. The fourth-order valence-corrected chi connectivity index (χ4v) is 4.32. The molecule has 1 aliphatic heterocycles. The van der Waals surface area contributed by atoms with Crippen LogP contribution in [0.25, 0.3) is 0 Å². The highest BCUT2D eigenvalue weighted by atomic mass is 15.2. The molecule has 0 saturated heterocycles. The zero-order valence-corrected chi connectivity index (χ0v) is 12.9. The van der Waals surface area contributed by atoms with Gasteiger partial charge in [-0.25, -0.2) is 0 Å².